The van der Waals surface area contributed by atoms with Crippen LogP contribution in [0.3, 0.4) is 0 Å². The zero-order chi connectivity index (χ0) is 21.4. The Kier molecular flexibility index (Phi) is 18.1. The summed E-state index contributed by atoms with van der Waals surface area (Å²) in [4.78, 5) is 10.6. The fraction of sp³-hybridized carbons (Fsp3) is 0.720. The van der Waals surface area contributed by atoms with Gasteiger partial charge < -0.3 is 15.2 Å². The van der Waals surface area contributed by atoms with E-state index in [1.165, 1.54) is 82.7 Å². The molecule has 5 heteroatoms. The minimum atomic E-state index is -1.07. The molecular formula is C25H44NNaO2Si. The van der Waals surface area contributed by atoms with Gasteiger partial charge in [-0.2, -0.15) is 0 Å². The smallest absolute Gasteiger partial charge is 0.550 e. The van der Waals surface area contributed by atoms with Crippen LogP contribution in [0.2, 0.25) is 25.2 Å². The number of carbonyl (C=O) groups is 1. The first-order valence-corrected chi connectivity index (χ1v) is 15.4. The molecule has 3 nitrogen and oxygen atoms in total. The summed E-state index contributed by atoms with van der Waals surface area (Å²) >= 11 is 0. The molecule has 0 spiro atoms. The normalized spacial score (nSPS) is 11.2. The van der Waals surface area contributed by atoms with Crippen molar-refractivity contribution in [1.29, 1.82) is 0 Å². The minimum absolute atomic E-state index is 0. The van der Waals surface area contributed by atoms with Crippen LogP contribution in [0.25, 0.3) is 0 Å². The van der Waals surface area contributed by atoms with Crippen molar-refractivity contribution in [3.05, 3.63) is 29.8 Å². The van der Waals surface area contributed by atoms with E-state index in [1.54, 1.807) is 0 Å². The van der Waals surface area contributed by atoms with E-state index in [1.807, 2.05) is 24.3 Å². The summed E-state index contributed by atoms with van der Waals surface area (Å²) in [7, 11) is -1.07. The maximum Gasteiger partial charge on any atom is 1.00 e. The van der Waals surface area contributed by atoms with E-state index < -0.39 is 14.0 Å². The molecule has 0 amide bonds. The van der Waals surface area contributed by atoms with Crippen molar-refractivity contribution in [2.45, 2.75) is 109 Å². The zero-order valence-corrected chi connectivity index (χ0v) is 23.2. The second-order valence-electron chi connectivity index (χ2n) is 9.37. The molecule has 0 aliphatic heterocycles. The molecular weight excluding hydrogens is 397 g/mol. The van der Waals surface area contributed by atoms with Gasteiger partial charge in [-0.15, -0.1) is 0 Å². The fourth-order valence-electron chi connectivity index (χ4n) is 3.92. The maximum absolute atomic E-state index is 10.6. The molecule has 30 heavy (non-hydrogen) atoms. The van der Waals surface area contributed by atoms with Crippen molar-refractivity contribution < 1.29 is 39.5 Å². The van der Waals surface area contributed by atoms with Crippen LogP contribution in [0.1, 0.15) is 83.1 Å². The van der Waals surface area contributed by atoms with E-state index in [9.17, 15) is 9.90 Å². The van der Waals surface area contributed by atoms with Gasteiger partial charge in [-0.1, -0.05) is 108 Å². The van der Waals surface area contributed by atoms with Gasteiger partial charge in [0.15, 0.2) is 0 Å². The number of unbranched alkanes of at least 4 members (excludes halogenated alkanes) is 9. The standard InChI is InChI=1S/C25H45NO2Si.Na/c1-4-5-6-7-8-9-10-11-12-13-20-29(2,3)21-14-19-26-24-17-15-23(16-18-24)22-25(27)28;/h15-18,26H,4-14,19-22H2,1-3H3,(H,27,28);/q;+1/p-1. The Labute approximate surface area is 209 Å². The second-order valence-corrected chi connectivity index (χ2v) is 14.7. The molecule has 0 aliphatic rings. The van der Waals surface area contributed by atoms with Crippen LogP contribution >= 0.6 is 0 Å². The number of aliphatic carboxylic acids is 1. The number of hydrogen-bond donors (Lipinski definition) is 1. The summed E-state index contributed by atoms with van der Waals surface area (Å²) < 4.78 is 0. The third-order valence-electron chi connectivity index (χ3n) is 5.87. The van der Waals surface area contributed by atoms with Gasteiger partial charge in [-0.25, -0.2) is 0 Å². The molecule has 0 saturated carbocycles. The number of carboxylic acid groups (broad SMARTS) is 1. The van der Waals surface area contributed by atoms with Crippen molar-refractivity contribution in [2.75, 3.05) is 11.9 Å². The quantitative estimate of drug-likeness (QED) is 0.281. The van der Waals surface area contributed by atoms with Gasteiger partial charge in [0, 0.05) is 32.7 Å². The molecule has 0 heterocycles. The number of hydrogen-bond acceptors (Lipinski definition) is 3. The van der Waals surface area contributed by atoms with Crippen molar-refractivity contribution in [3.8, 4) is 0 Å². The summed E-state index contributed by atoms with van der Waals surface area (Å²) in [6.07, 6.45) is 15.4. The number of carbonyl (C=O) groups excluding carboxylic acids is 1. The molecule has 1 aromatic rings. The summed E-state index contributed by atoms with van der Waals surface area (Å²) in [5.74, 6) is -1.03. The molecule has 0 fully saturated rings. The number of carboxylic acids is 1. The monoisotopic (exact) mass is 441 g/mol. The van der Waals surface area contributed by atoms with Crippen molar-refractivity contribution in [2.24, 2.45) is 0 Å². The summed E-state index contributed by atoms with van der Waals surface area (Å²) in [6.45, 7) is 8.35. The summed E-state index contributed by atoms with van der Waals surface area (Å²) in [5.41, 5.74) is 1.86. The van der Waals surface area contributed by atoms with E-state index in [2.05, 4.69) is 25.3 Å². The SMILES string of the molecule is CCCCCCCCCCCC[Si](C)(C)CCCNc1ccc(CC(=O)[O-])cc1.[Na+]. The largest absolute Gasteiger partial charge is 1.00 e. The molecule has 1 N–H and O–H groups in total. The Bertz CT molecular complexity index is 549. The van der Waals surface area contributed by atoms with E-state index in [-0.39, 0.29) is 36.0 Å². The third-order valence-corrected chi connectivity index (χ3v) is 9.28. The Morgan fingerprint density at radius 1 is 0.833 bits per heavy atom. The van der Waals surface area contributed by atoms with E-state index in [0.717, 1.165) is 17.8 Å². The van der Waals surface area contributed by atoms with Crippen LogP contribution in [-0.2, 0) is 11.2 Å². The molecule has 166 valence electrons. The van der Waals surface area contributed by atoms with Gasteiger partial charge in [-0.3, -0.25) is 0 Å². The molecule has 0 saturated heterocycles. The minimum Gasteiger partial charge on any atom is -0.550 e. The molecule has 0 radical (unpaired) electrons. The van der Waals surface area contributed by atoms with Crippen LogP contribution in [0.15, 0.2) is 24.3 Å². The maximum atomic E-state index is 10.6. The topological polar surface area (TPSA) is 52.2 Å². The molecule has 0 aliphatic carbocycles. The van der Waals surface area contributed by atoms with Crippen LogP contribution in [0.5, 0.6) is 0 Å². The van der Waals surface area contributed by atoms with Gasteiger partial charge in [0.05, 0.1) is 0 Å². The van der Waals surface area contributed by atoms with Gasteiger partial charge in [0.1, 0.15) is 0 Å². The molecule has 1 rings (SSSR count). The number of nitrogens with one attached hydrogen (secondary N) is 1. The number of rotatable bonds is 18. The van der Waals surface area contributed by atoms with Crippen LogP contribution in [0.4, 0.5) is 5.69 Å². The summed E-state index contributed by atoms with van der Waals surface area (Å²) in [5, 5.41) is 14.1. The zero-order valence-electron chi connectivity index (χ0n) is 20.2. The van der Waals surface area contributed by atoms with Crippen molar-refractivity contribution in [1.82, 2.24) is 0 Å². The van der Waals surface area contributed by atoms with Gasteiger partial charge in [-0.05, 0) is 24.1 Å². The Morgan fingerprint density at radius 3 is 1.87 bits per heavy atom. The predicted molar refractivity (Wildman–Crippen MR) is 127 cm³/mol. The second kappa shape index (κ2) is 18.3. The average molecular weight is 442 g/mol. The van der Waals surface area contributed by atoms with Crippen molar-refractivity contribution >= 4 is 19.7 Å². The average Bonchev–Trinajstić information content (AvgIpc) is 2.67. The molecule has 0 unspecified atom stereocenters. The Morgan fingerprint density at radius 2 is 1.33 bits per heavy atom. The fourth-order valence-corrected chi connectivity index (χ4v) is 6.51. The number of anilines is 1. The summed E-state index contributed by atoms with van der Waals surface area (Å²) in [6, 6.07) is 10.5. The van der Waals surface area contributed by atoms with Gasteiger partial charge >= 0.3 is 29.6 Å². The van der Waals surface area contributed by atoms with Gasteiger partial charge in [0.2, 0.25) is 0 Å². The van der Waals surface area contributed by atoms with Crippen molar-refractivity contribution in [3.63, 3.8) is 0 Å². The van der Waals surface area contributed by atoms with Crippen LogP contribution < -0.4 is 40.0 Å². The molecule has 0 atom stereocenters. The first kappa shape index (κ1) is 29.7. The molecule has 1 aromatic carbocycles. The van der Waals surface area contributed by atoms with E-state index in [0.29, 0.717) is 0 Å². The Hall–Kier alpha value is -0.293. The van der Waals surface area contributed by atoms with Gasteiger partial charge in [0.25, 0.3) is 0 Å². The van der Waals surface area contributed by atoms with Crippen LogP contribution in [-0.4, -0.2) is 20.6 Å². The third kappa shape index (κ3) is 16.4. The molecule has 0 bridgehead atoms. The van der Waals surface area contributed by atoms with E-state index >= 15 is 0 Å². The first-order valence-electron chi connectivity index (χ1n) is 12.0. The van der Waals surface area contributed by atoms with E-state index in [4.69, 9.17) is 0 Å². The predicted octanol–water partition coefficient (Wildman–Crippen LogP) is 3.41. The molecule has 0 aromatic heterocycles. The number of benzene rings is 1. The first-order chi connectivity index (χ1) is 13.9. The van der Waals surface area contributed by atoms with Crippen LogP contribution in [0, 0.1) is 0 Å². The Balaban J connectivity index is 0.00000841.